The van der Waals surface area contributed by atoms with Crippen molar-refractivity contribution in [3.8, 4) is 62.1 Å². The Labute approximate surface area is 339 Å². The first kappa shape index (κ1) is 21.9. The van der Waals surface area contributed by atoms with Crippen molar-refractivity contribution in [2.24, 2.45) is 0 Å². The summed E-state index contributed by atoms with van der Waals surface area (Å²) < 4.78 is 115. The molecule has 0 amide bonds. The van der Waals surface area contributed by atoms with Crippen LogP contribution in [0.5, 0.6) is 0 Å². The zero-order valence-electron chi connectivity index (χ0n) is 41.2. The van der Waals surface area contributed by atoms with E-state index in [-0.39, 0.29) is 44.6 Å². The maximum Gasteiger partial charge on any atom is 0.167 e. The van der Waals surface area contributed by atoms with Gasteiger partial charge in [0.1, 0.15) is 11.2 Å². The summed E-state index contributed by atoms with van der Waals surface area (Å²) in [4.78, 5) is 15.1. The Morgan fingerprint density at radius 1 is 0.411 bits per heavy atom. The molecule has 0 aliphatic rings. The molecule has 0 aliphatic carbocycles. The molecule has 0 spiro atoms. The minimum atomic E-state index is -0.716. The molecule has 56 heavy (non-hydrogen) atoms. The highest BCUT2D eigenvalue weighted by Gasteiger charge is 2.20. The average molecular weight is 729 g/mol. The van der Waals surface area contributed by atoms with Gasteiger partial charge in [0.25, 0.3) is 0 Å². The van der Waals surface area contributed by atoms with E-state index in [4.69, 9.17) is 31.7 Å². The van der Waals surface area contributed by atoms with E-state index in [2.05, 4.69) is 0 Å². The lowest BCUT2D eigenvalue weighted by Crippen LogP contribution is -2.01. The fourth-order valence-electron chi connectivity index (χ4n) is 7.23. The highest BCUT2D eigenvalue weighted by Crippen LogP contribution is 2.39. The first-order chi connectivity index (χ1) is 32.8. The number of fused-ring (bicyclic) bond motifs is 6. The quantitative estimate of drug-likeness (QED) is 0.171. The van der Waals surface area contributed by atoms with Crippen LogP contribution in [0.2, 0.25) is 0 Å². The normalized spacial score (nSPS) is 14.6. The first-order valence-corrected chi connectivity index (χ1v) is 17.8. The minimum absolute atomic E-state index is 0.125. The summed E-state index contributed by atoms with van der Waals surface area (Å²) in [5.74, 6) is 0.693. The van der Waals surface area contributed by atoms with Crippen LogP contribution in [-0.4, -0.2) is 19.5 Å². The molecule has 8 aromatic carbocycles. The molecular weight excluding hydrogens is 685 g/mol. The van der Waals surface area contributed by atoms with Gasteiger partial charge >= 0.3 is 0 Å². The van der Waals surface area contributed by atoms with Crippen molar-refractivity contribution in [1.82, 2.24) is 19.5 Å². The molecule has 11 rings (SSSR count). The van der Waals surface area contributed by atoms with Crippen molar-refractivity contribution in [1.29, 1.82) is 0 Å². The van der Waals surface area contributed by atoms with Gasteiger partial charge in [-0.05, 0) is 58.6 Å². The molecule has 0 N–H and O–H groups in total. The summed E-state index contributed by atoms with van der Waals surface area (Å²) in [5.41, 5.74) is 3.80. The highest BCUT2D eigenvalue weighted by atomic mass is 16.3. The lowest BCUT2D eigenvalue weighted by Gasteiger charge is -2.13. The summed E-state index contributed by atoms with van der Waals surface area (Å²) in [6.07, 6.45) is 0. The highest BCUT2D eigenvalue weighted by molar-refractivity contribution is 6.11. The zero-order valence-corrected chi connectivity index (χ0v) is 29.2. The molecule has 0 saturated heterocycles. The molecular formula is C51H32N4O. The van der Waals surface area contributed by atoms with E-state index in [0.717, 1.165) is 26.5 Å². The summed E-state index contributed by atoms with van der Waals surface area (Å²) >= 11 is 0. The van der Waals surface area contributed by atoms with Crippen LogP contribution in [0.25, 0.3) is 106 Å². The third-order valence-electron chi connectivity index (χ3n) is 9.84. The summed E-state index contributed by atoms with van der Waals surface area (Å²) in [6.45, 7) is 0. The van der Waals surface area contributed by atoms with Crippen molar-refractivity contribution < 1.29 is 20.9 Å². The van der Waals surface area contributed by atoms with Crippen LogP contribution < -0.4 is 0 Å². The van der Waals surface area contributed by atoms with Gasteiger partial charge in [-0.1, -0.05) is 158 Å². The summed E-state index contributed by atoms with van der Waals surface area (Å²) in [7, 11) is 0. The second-order valence-electron chi connectivity index (χ2n) is 13.1. The average Bonchev–Trinajstić information content (AvgIpc) is 3.93. The molecule has 5 heteroatoms. The standard InChI is InChI=1S/C51H32N4O/c1-3-14-33(15-4-1)34-26-28-35(29-27-34)49-52-50(54-51(53-49)44-23-13-22-42-41-20-10-12-25-47(41)56-48(42)44)43-21-8-7-18-38(43)36-30-31-40-39-19-9-11-24-45(39)55(46(40)32-36)37-16-5-2-6-17-37/h1-32H/i2D,5D,6D,9D,11D,16D,17D,19D,24D,30D,31D,32D. The number of hydrogen-bond donors (Lipinski definition) is 0. The maximum atomic E-state index is 9.96. The SMILES string of the molecule is [2H]c1c([2H])c([2H])c(-n2c3c([2H])c([2H])c([2H])c([2H])c3c3c([2H])c([2H])c(-c4ccccc4-c4nc(-c5ccc(-c6ccccc6)cc5)nc(-c5cccc6c5oc5ccccc56)n4)c([2H])c32)c([2H])c1[2H]. The molecule has 5 nitrogen and oxygen atoms in total. The second-order valence-corrected chi connectivity index (χ2v) is 13.1. The van der Waals surface area contributed by atoms with Gasteiger partial charge in [-0.3, -0.25) is 0 Å². The topological polar surface area (TPSA) is 56.7 Å². The van der Waals surface area contributed by atoms with Gasteiger partial charge in [0.05, 0.1) is 33.0 Å². The first-order valence-electron chi connectivity index (χ1n) is 23.8. The molecule has 0 aliphatic heterocycles. The molecule has 0 atom stereocenters. The number of para-hydroxylation sites is 4. The van der Waals surface area contributed by atoms with Crippen LogP contribution in [0, 0.1) is 0 Å². The third kappa shape index (κ3) is 5.29. The number of aromatic nitrogens is 4. The van der Waals surface area contributed by atoms with E-state index in [0.29, 0.717) is 33.7 Å². The predicted octanol–water partition coefficient (Wildman–Crippen LogP) is 13.2. The Morgan fingerprint density at radius 3 is 1.89 bits per heavy atom. The lowest BCUT2D eigenvalue weighted by molar-refractivity contribution is 0.669. The smallest absolute Gasteiger partial charge is 0.167 e. The maximum absolute atomic E-state index is 9.96. The van der Waals surface area contributed by atoms with Crippen molar-refractivity contribution >= 4 is 43.7 Å². The van der Waals surface area contributed by atoms with Crippen LogP contribution in [0.15, 0.2) is 198 Å². The van der Waals surface area contributed by atoms with E-state index in [1.807, 2.05) is 97.1 Å². The van der Waals surface area contributed by atoms with Gasteiger partial charge in [0.2, 0.25) is 0 Å². The van der Waals surface area contributed by atoms with Crippen LogP contribution >= 0.6 is 0 Å². The third-order valence-corrected chi connectivity index (χ3v) is 9.84. The molecule has 11 aromatic rings. The van der Waals surface area contributed by atoms with Crippen LogP contribution in [0.3, 0.4) is 0 Å². The van der Waals surface area contributed by atoms with E-state index in [1.54, 1.807) is 24.3 Å². The molecule has 0 bridgehead atoms. The van der Waals surface area contributed by atoms with E-state index >= 15 is 0 Å². The monoisotopic (exact) mass is 728 g/mol. The Bertz CT molecular complexity index is 3920. The predicted molar refractivity (Wildman–Crippen MR) is 229 cm³/mol. The van der Waals surface area contributed by atoms with Crippen molar-refractivity contribution in [2.45, 2.75) is 0 Å². The molecule has 3 aromatic heterocycles. The van der Waals surface area contributed by atoms with Gasteiger partial charge in [-0.15, -0.1) is 0 Å². The Morgan fingerprint density at radius 2 is 1.04 bits per heavy atom. The fourth-order valence-corrected chi connectivity index (χ4v) is 7.23. The van der Waals surface area contributed by atoms with Crippen molar-refractivity contribution in [3.05, 3.63) is 194 Å². The summed E-state index contributed by atoms with van der Waals surface area (Å²) in [6, 6.07) is 30.3. The van der Waals surface area contributed by atoms with Crippen molar-refractivity contribution in [2.75, 3.05) is 0 Å². The summed E-state index contributed by atoms with van der Waals surface area (Å²) in [5, 5.41) is 1.29. The Kier molecular flexibility index (Phi) is 5.10. The number of hydrogen-bond acceptors (Lipinski definition) is 4. The van der Waals surface area contributed by atoms with Crippen LogP contribution in [0.1, 0.15) is 16.4 Å². The minimum Gasteiger partial charge on any atom is -0.455 e. The largest absolute Gasteiger partial charge is 0.455 e. The molecule has 262 valence electrons. The number of rotatable bonds is 6. The molecule has 0 fully saturated rings. The van der Waals surface area contributed by atoms with E-state index in [9.17, 15) is 4.11 Å². The zero-order chi connectivity index (χ0) is 47.4. The van der Waals surface area contributed by atoms with Crippen LogP contribution in [-0.2, 0) is 0 Å². The van der Waals surface area contributed by atoms with E-state index in [1.165, 1.54) is 0 Å². The van der Waals surface area contributed by atoms with E-state index < -0.39 is 78.2 Å². The van der Waals surface area contributed by atoms with Gasteiger partial charge < -0.3 is 8.98 Å². The number of benzene rings is 8. The second kappa shape index (κ2) is 13.0. The number of nitrogens with zero attached hydrogens (tertiary/aromatic N) is 4. The Balaban J connectivity index is 1.21. The molecule has 3 heterocycles. The van der Waals surface area contributed by atoms with Gasteiger partial charge in [-0.2, -0.15) is 0 Å². The fraction of sp³-hybridized carbons (Fsp3) is 0. The van der Waals surface area contributed by atoms with Gasteiger partial charge in [0, 0.05) is 38.4 Å². The molecule has 0 saturated carbocycles. The Hall–Kier alpha value is -7.63. The van der Waals surface area contributed by atoms with Gasteiger partial charge in [0.15, 0.2) is 17.5 Å². The molecule has 0 unspecified atom stereocenters. The number of furan rings is 1. The lowest BCUT2D eigenvalue weighted by atomic mass is 9.97. The molecule has 0 radical (unpaired) electrons. The van der Waals surface area contributed by atoms with Crippen LogP contribution in [0.4, 0.5) is 0 Å². The van der Waals surface area contributed by atoms with Gasteiger partial charge in [-0.25, -0.2) is 15.0 Å². The van der Waals surface area contributed by atoms with Crippen molar-refractivity contribution in [3.63, 3.8) is 0 Å².